The summed E-state index contributed by atoms with van der Waals surface area (Å²) in [5.41, 5.74) is 1.53. The lowest BCUT2D eigenvalue weighted by molar-refractivity contribution is 0.102. The Balaban J connectivity index is 1.60. The molecule has 27 heavy (non-hydrogen) atoms. The minimum atomic E-state index is -0.326. The maximum atomic E-state index is 12.6. The molecule has 4 rings (SSSR count). The van der Waals surface area contributed by atoms with Gasteiger partial charge in [-0.2, -0.15) is 10.2 Å². The van der Waals surface area contributed by atoms with E-state index >= 15 is 0 Å². The Morgan fingerprint density at radius 3 is 2.70 bits per heavy atom. The van der Waals surface area contributed by atoms with Crippen molar-refractivity contribution in [3.05, 3.63) is 83.0 Å². The van der Waals surface area contributed by atoms with E-state index in [0.29, 0.717) is 32.8 Å². The first-order chi connectivity index (χ1) is 13.1. The second-order valence-corrected chi connectivity index (χ2v) is 6.39. The van der Waals surface area contributed by atoms with E-state index in [4.69, 9.17) is 23.2 Å². The van der Waals surface area contributed by atoms with Crippen LogP contribution < -0.4 is 5.32 Å². The van der Waals surface area contributed by atoms with Crippen molar-refractivity contribution >= 4 is 34.8 Å². The van der Waals surface area contributed by atoms with Crippen LogP contribution in [0.3, 0.4) is 0 Å². The molecule has 0 spiro atoms. The van der Waals surface area contributed by atoms with Crippen LogP contribution in [0.2, 0.25) is 10.0 Å². The molecule has 3 aromatic heterocycles. The van der Waals surface area contributed by atoms with Gasteiger partial charge in [0.15, 0.2) is 5.82 Å². The zero-order valence-electron chi connectivity index (χ0n) is 13.8. The molecule has 0 aliphatic carbocycles. The highest BCUT2D eigenvalue weighted by Gasteiger charge is 2.14. The zero-order chi connectivity index (χ0) is 18.8. The number of carbonyl (C=O) groups is 1. The molecule has 1 amide bonds. The first-order valence-electron chi connectivity index (χ1n) is 7.88. The third-order valence-corrected chi connectivity index (χ3v) is 4.30. The van der Waals surface area contributed by atoms with E-state index in [9.17, 15) is 4.79 Å². The molecule has 0 aliphatic heterocycles. The van der Waals surface area contributed by atoms with Gasteiger partial charge in [0.2, 0.25) is 0 Å². The van der Waals surface area contributed by atoms with Gasteiger partial charge in [-0.15, -0.1) is 0 Å². The Bertz CT molecular complexity index is 1110. The molecule has 4 aromatic rings. The molecule has 0 saturated heterocycles. The standard InChI is InChI=1S/C18H12Cl2N6O/c19-13-4-5-16(14(20)9-13)26-11-12(10-23-26)18(27)24-15-3-1-6-21-17(15)25-8-2-7-22-25/h1-11H,(H,24,27). The van der Waals surface area contributed by atoms with Gasteiger partial charge in [-0.1, -0.05) is 23.2 Å². The first kappa shape index (κ1) is 17.3. The third kappa shape index (κ3) is 3.55. The van der Waals surface area contributed by atoms with Gasteiger partial charge < -0.3 is 5.32 Å². The van der Waals surface area contributed by atoms with Crippen molar-refractivity contribution in [2.75, 3.05) is 5.32 Å². The van der Waals surface area contributed by atoms with E-state index in [-0.39, 0.29) is 5.91 Å². The SMILES string of the molecule is O=C(Nc1cccnc1-n1cccn1)c1cnn(-c2ccc(Cl)cc2Cl)c1. The van der Waals surface area contributed by atoms with Gasteiger partial charge in [-0.3, -0.25) is 4.79 Å². The number of nitrogens with zero attached hydrogens (tertiary/aromatic N) is 5. The second kappa shape index (κ2) is 7.22. The quantitative estimate of drug-likeness (QED) is 0.563. The summed E-state index contributed by atoms with van der Waals surface area (Å²) < 4.78 is 3.09. The minimum absolute atomic E-state index is 0.326. The number of nitrogens with one attached hydrogen (secondary N) is 1. The fourth-order valence-electron chi connectivity index (χ4n) is 2.50. The van der Waals surface area contributed by atoms with Gasteiger partial charge in [0.05, 0.1) is 28.2 Å². The average Bonchev–Trinajstić information content (AvgIpc) is 3.34. The van der Waals surface area contributed by atoms with Crippen molar-refractivity contribution < 1.29 is 4.79 Å². The number of rotatable bonds is 4. The Kier molecular flexibility index (Phi) is 4.62. The molecule has 0 fully saturated rings. The Labute approximate surface area is 164 Å². The van der Waals surface area contributed by atoms with E-state index in [0.717, 1.165) is 0 Å². The molecule has 0 radical (unpaired) electrons. The van der Waals surface area contributed by atoms with Crippen LogP contribution >= 0.6 is 23.2 Å². The lowest BCUT2D eigenvalue weighted by Gasteiger charge is -2.09. The van der Waals surface area contributed by atoms with Crippen LogP contribution in [0.25, 0.3) is 11.5 Å². The largest absolute Gasteiger partial charge is 0.319 e. The molecular weight excluding hydrogens is 387 g/mol. The zero-order valence-corrected chi connectivity index (χ0v) is 15.3. The minimum Gasteiger partial charge on any atom is -0.319 e. The van der Waals surface area contributed by atoms with Crippen LogP contribution in [-0.4, -0.2) is 30.5 Å². The number of benzene rings is 1. The number of anilines is 1. The first-order valence-corrected chi connectivity index (χ1v) is 8.64. The second-order valence-electron chi connectivity index (χ2n) is 5.55. The maximum Gasteiger partial charge on any atom is 0.258 e. The van der Waals surface area contributed by atoms with Crippen LogP contribution in [0.1, 0.15) is 10.4 Å². The summed E-state index contributed by atoms with van der Waals surface area (Å²) in [4.78, 5) is 16.9. The van der Waals surface area contributed by atoms with E-state index in [1.54, 1.807) is 65.9 Å². The van der Waals surface area contributed by atoms with Crippen molar-refractivity contribution in [1.29, 1.82) is 0 Å². The molecule has 7 nitrogen and oxygen atoms in total. The summed E-state index contributed by atoms with van der Waals surface area (Å²) in [6.07, 6.45) is 8.07. The predicted octanol–water partition coefficient (Wildman–Crippen LogP) is 4.01. The van der Waals surface area contributed by atoms with Gasteiger partial charge in [0, 0.05) is 29.8 Å². The highest BCUT2D eigenvalue weighted by molar-refractivity contribution is 6.35. The summed E-state index contributed by atoms with van der Waals surface area (Å²) in [5, 5.41) is 12.2. The lowest BCUT2D eigenvalue weighted by Crippen LogP contribution is -2.14. The topological polar surface area (TPSA) is 77.6 Å². The van der Waals surface area contributed by atoms with Crippen molar-refractivity contribution in [3.63, 3.8) is 0 Å². The van der Waals surface area contributed by atoms with Crippen molar-refractivity contribution in [1.82, 2.24) is 24.5 Å². The van der Waals surface area contributed by atoms with Crippen LogP contribution in [0, 0.1) is 0 Å². The molecular formula is C18H12Cl2N6O. The molecule has 0 saturated carbocycles. The molecule has 134 valence electrons. The van der Waals surface area contributed by atoms with E-state index in [1.807, 2.05) is 0 Å². The van der Waals surface area contributed by atoms with E-state index < -0.39 is 0 Å². The number of pyridine rings is 1. The predicted molar refractivity (Wildman–Crippen MR) is 103 cm³/mol. The van der Waals surface area contributed by atoms with Crippen molar-refractivity contribution in [2.45, 2.75) is 0 Å². The number of aromatic nitrogens is 5. The molecule has 9 heteroatoms. The molecule has 0 atom stereocenters. The summed E-state index contributed by atoms with van der Waals surface area (Å²) in [6, 6.07) is 10.3. The number of carbonyl (C=O) groups excluding carboxylic acids is 1. The summed E-state index contributed by atoms with van der Waals surface area (Å²) >= 11 is 12.1. The van der Waals surface area contributed by atoms with Gasteiger partial charge in [0.1, 0.15) is 0 Å². The van der Waals surface area contributed by atoms with Crippen LogP contribution in [0.4, 0.5) is 5.69 Å². The highest BCUT2D eigenvalue weighted by Crippen LogP contribution is 2.24. The van der Waals surface area contributed by atoms with Crippen molar-refractivity contribution in [3.8, 4) is 11.5 Å². The normalized spacial score (nSPS) is 10.7. The van der Waals surface area contributed by atoms with Crippen molar-refractivity contribution in [2.24, 2.45) is 0 Å². The summed E-state index contributed by atoms with van der Waals surface area (Å²) in [5.74, 6) is 0.191. The molecule has 1 aromatic carbocycles. The number of hydrogen-bond acceptors (Lipinski definition) is 4. The lowest BCUT2D eigenvalue weighted by atomic mass is 10.3. The number of amides is 1. The number of hydrogen-bond donors (Lipinski definition) is 1. The maximum absolute atomic E-state index is 12.6. The Morgan fingerprint density at radius 2 is 1.93 bits per heavy atom. The average molecular weight is 399 g/mol. The van der Waals surface area contributed by atoms with Crippen LogP contribution in [0.15, 0.2) is 67.4 Å². The van der Waals surface area contributed by atoms with E-state index in [2.05, 4.69) is 20.5 Å². The fraction of sp³-hybridized carbons (Fsp3) is 0. The molecule has 0 bridgehead atoms. The monoisotopic (exact) mass is 398 g/mol. The molecule has 0 unspecified atom stereocenters. The van der Waals surface area contributed by atoms with Gasteiger partial charge in [-0.05, 0) is 36.4 Å². The number of halogens is 2. The van der Waals surface area contributed by atoms with Gasteiger partial charge in [-0.25, -0.2) is 14.3 Å². The highest BCUT2D eigenvalue weighted by atomic mass is 35.5. The fourth-order valence-corrected chi connectivity index (χ4v) is 3.00. The van der Waals surface area contributed by atoms with Gasteiger partial charge in [0.25, 0.3) is 5.91 Å². The van der Waals surface area contributed by atoms with E-state index in [1.165, 1.54) is 10.9 Å². The molecule has 0 aliphatic rings. The molecule has 3 heterocycles. The van der Waals surface area contributed by atoms with Gasteiger partial charge >= 0.3 is 0 Å². The Morgan fingerprint density at radius 1 is 1.04 bits per heavy atom. The smallest absolute Gasteiger partial charge is 0.258 e. The Hall–Kier alpha value is -3.16. The summed E-state index contributed by atoms with van der Waals surface area (Å²) in [7, 11) is 0. The molecule has 1 N–H and O–H groups in total. The summed E-state index contributed by atoms with van der Waals surface area (Å²) in [6.45, 7) is 0. The van der Waals surface area contributed by atoms with Crippen LogP contribution in [-0.2, 0) is 0 Å². The third-order valence-electron chi connectivity index (χ3n) is 3.76. The van der Waals surface area contributed by atoms with Crippen LogP contribution in [0.5, 0.6) is 0 Å².